The van der Waals surface area contributed by atoms with Crippen LogP contribution in [-0.2, 0) is 0 Å². The van der Waals surface area contributed by atoms with Gasteiger partial charge in [0.2, 0.25) is 11.8 Å². The van der Waals surface area contributed by atoms with Gasteiger partial charge in [0.1, 0.15) is 11.5 Å². The quantitative estimate of drug-likeness (QED) is 0.255. The van der Waals surface area contributed by atoms with Crippen molar-refractivity contribution < 1.29 is 13.5 Å². The molecule has 0 aliphatic heterocycles. The van der Waals surface area contributed by atoms with Crippen LogP contribution in [0.3, 0.4) is 0 Å². The molecule has 0 unspecified atom stereocenters. The highest BCUT2D eigenvalue weighted by Gasteiger charge is 2.15. The van der Waals surface area contributed by atoms with Crippen molar-refractivity contribution in [3.8, 4) is 34.1 Å². The summed E-state index contributed by atoms with van der Waals surface area (Å²) in [6.45, 7) is 0. The second kappa shape index (κ2) is 10.1. The molecule has 0 aliphatic rings. The van der Waals surface area contributed by atoms with Gasteiger partial charge in [0.05, 0.1) is 11.3 Å². The standard InChI is InChI=1S/C29H19F2N7O/c30-18-9-7-17(8-10-18)26-20-4-1-2-5-21(20)27(38-37-26)35-19-11-12-25(23(31)16-19)39-28-22(6-3-14-33-28)24-13-15-34-29(32)36-24/h1-16H,(H,35,38)(H2,32,34,36). The summed E-state index contributed by atoms with van der Waals surface area (Å²) in [5.74, 6) is -0.252. The van der Waals surface area contributed by atoms with E-state index in [1.165, 1.54) is 36.7 Å². The summed E-state index contributed by atoms with van der Waals surface area (Å²) in [5.41, 5.74) is 8.53. The van der Waals surface area contributed by atoms with Crippen molar-refractivity contribution in [3.05, 3.63) is 109 Å². The van der Waals surface area contributed by atoms with Crippen LogP contribution in [0.1, 0.15) is 0 Å². The minimum absolute atomic E-state index is 0.0230. The Hall–Kier alpha value is -5.51. The Morgan fingerprint density at radius 1 is 0.769 bits per heavy atom. The van der Waals surface area contributed by atoms with E-state index in [0.29, 0.717) is 28.5 Å². The van der Waals surface area contributed by atoms with Gasteiger partial charge in [0.25, 0.3) is 0 Å². The molecule has 6 aromatic rings. The summed E-state index contributed by atoms with van der Waals surface area (Å²) < 4.78 is 34.4. The number of fused-ring (bicyclic) bond motifs is 1. The Labute approximate surface area is 221 Å². The van der Waals surface area contributed by atoms with Crippen LogP contribution in [0.4, 0.5) is 26.2 Å². The monoisotopic (exact) mass is 519 g/mol. The van der Waals surface area contributed by atoms with Crippen LogP contribution >= 0.6 is 0 Å². The van der Waals surface area contributed by atoms with Gasteiger partial charge < -0.3 is 15.8 Å². The first-order chi connectivity index (χ1) is 19.0. The number of rotatable bonds is 6. The first-order valence-electron chi connectivity index (χ1n) is 11.8. The van der Waals surface area contributed by atoms with E-state index >= 15 is 4.39 Å². The zero-order valence-electron chi connectivity index (χ0n) is 20.2. The predicted molar refractivity (Wildman–Crippen MR) is 144 cm³/mol. The zero-order valence-corrected chi connectivity index (χ0v) is 20.2. The zero-order chi connectivity index (χ0) is 26.8. The smallest absolute Gasteiger partial charge is 0.228 e. The molecule has 0 amide bonds. The minimum Gasteiger partial charge on any atom is -0.435 e. The van der Waals surface area contributed by atoms with Crippen molar-refractivity contribution in [2.45, 2.75) is 0 Å². The van der Waals surface area contributed by atoms with E-state index in [1.807, 2.05) is 24.3 Å². The second-order valence-electron chi connectivity index (χ2n) is 8.48. The number of aromatic nitrogens is 5. The molecule has 0 fully saturated rings. The Morgan fingerprint density at radius 2 is 1.59 bits per heavy atom. The number of pyridine rings is 1. The van der Waals surface area contributed by atoms with Gasteiger partial charge in [-0.05, 0) is 54.6 Å². The summed E-state index contributed by atoms with van der Waals surface area (Å²) in [7, 11) is 0. The van der Waals surface area contributed by atoms with Crippen LogP contribution in [0.5, 0.6) is 11.6 Å². The Bertz CT molecular complexity index is 1810. The number of halogens is 2. The molecule has 3 heterocycles. The van der Waals surface area contributed by atoms with Crippen LogP contribution in [-0.4, -0.2) is 25.1 Å². The molecule has 8 nitrogen and oxygen atoms in total. The topological polar surface area (TPSA) is 112 Å². The minimum atomic E-state index is -0.612. The van der Waals surface area contributed by atoms with Gasteiger partial charge in [-0.3, -0.25) is 0 Å². The number of anilines is 3. The van der Waals surface area contributed by atoms with Crippen LogP contribution < -0.4 is 15.8 Å². The van der Waals surface area contributed by atoms with Crippen molar-refractivity contribution in [2.75, 3.05) is 11.1 Å². The average Bonchev–Trinajstić information content (AvgIpc) is 2.95. The van der Waals surface area contributed by atoms with Crippen LogP contribution in [0.25, 0.3) is 33.3 Å². The Morgan fingerprint density at radius 3 is 2.38 bits per heavy atom. The third-order valence-electron chi connectivity index (χ3n) is 5.93. The molecule has 6 rings (SSSR count). The van der Waals surface area contributed by atoms with Gasteiger partial charge in [-0.25, -0.2) is 23.7 Å². The maximum absolute atomic E-state index is 15.2. The molecule has 0 saturated heterocycles. The van der Waals surface area contributed by atoms with Gasteiger partial charge in [-0.2, -0.15) is 0 Å². The van der Waals surface area contributed by atoms with E-state index in [4.69, 9.17) is 10.5 Å². The maximum atomic E-state index is 15.2. The lowest BCUT2D eigenvalue weighted by Crippen LogP contribution is -2.00. The van der Waals surface area contributed by atoms with E-state index in [1.54, 1.807) is 36.4 Å². The number of nitrogens with one attached hydrogen (secondary N) is 1. The molecule has 0 saturated carbocycles. The first kappa shape index (κ1) is 23.9. The van der Waals surface area contributed by atoms with Crippen molar-refractivity contribution in [3.63, 3.8) is 0 Å². The Balaban J connectivity index is 1.29. The summed E-state index contributed by atoms with van der Waals surface area (Å²) in [4.78, 5) is 12.3. The highest BCUT2D eigenvalue weighted by Crippen LogP contribution is 2.34. The molecule has 39 heavy (non-hydrogen) atoms. The van der Waals surface area contributed by atoms with Gasteiger partial charge >= 0.3 is 0 Å². The van der Waals surface area contributed by atoms with Gasteiger partial charge in [-0.15, -0.1) is 10.2 Å². The van der Waals surface area contributed by atoms with Crippen LogP contribution in [0.15, 0.2) is 97.3 Å². The fraction of sp³-hybridized carbons (Fsp3) is 0. The lowest BCUT2D eigenvalue weighted by molar-refractivity contribution is 0.429. The van der Waals surface area contributed by atoms with E-state index in [0.717, 1.165) is 16.3 Å². The SMILES string of the molecule is Nc1nccc(-c2cccnc2Oc2ccc(Nc3nnc(-c4ccc(F)cc4)c4ccccc34)cc2F)n1. The van der Waals surface area contributed by atoms with Crippen LogP contribution in [0.2, 0.25) is 0 Å². The van der Waals surface area contributed by atoms with Gasteiger partial charge in [0, 0.05) is 40.5 Å². The molecule has 10 heteroatoms. The molecule has 190 valence electrons. The van der Waals surface area contributed by atoms with Crippen molar-refractivity contribution >= 4 is 28.2 Å². The Kier molecular flexibility index (Phi) is 6.18. The van der Waals surface area contributed by atoms with E-state index < -0.39 is 5.82 Å². The van der Waals surface area contributed by atoms with Gasteiger partial charge in [-0.1, -0.05) is 24.3 Å². The highest BCUT2D eigenvalue weighted by molar-refractivity contribution is 6.00. The fourth-order valence-electron chi connectivity index (χ4n) is 4.11. The number of hydrogen-bond acceptors (Lipinski definition) is 8. The molecule has 0 atom stereocenters. The third-order valence-corrected chi connectivity index (χ3v) is 5.93. The lowest BCUT2D eigenvalue weighted by Gasteiger charge is -2.13. The van der Waals surface area contributed by atoms with Gasteiger partial charge in [0.15, 0.2) is 17.4 Å². The number of nitrogen functional groups attached to an aromatic ring is 1. The summed E-state index contributed by atoms with van der Waals surface area (Å²) in [6.07, 6.45) is 3.06. The lowest BCUT2D eigenvalue weighted by atomic mass is 10.0. The number of hydrogen-bond donors (Lipinski definition) is 2. The van der Waals surface area contributed by atoms with E-state index in [9.17, 15) is 4.39 Å². The summed E-state index contributed by atoms with van der Waals surface area (Å²) in [5, 5.41) is 13.4. The number of ether oxygens (including phenoxy) is 1. The predicted octanol–water partition coefficient (Wildman–Crippen LogP) is 6.55. The van der Waals surface area contributed by atoms with Crippen molar-refractivity contribution in [1.82, 2.24) is 25.1 Å². The molecule has 0 spiro atoms. The first-order valence-corrected chi connectivity index (χ1v) is 11.8. The van der Waals surface area contributed by atoms with E-state index in [-0.39, 0.29) is 23.4 Å². The molecule has 3 aromatic carbocycles. The maximum Gasteiger partial charge on any atom is 0.228 e. The molecule has 0 bridgehead atoms. The molecule has 3 N–H and O–H groups in total. The molecule has 0 radical (unpaired) electrons. The highest BCUT2D eigenvalue weighted by atomic mass is 19.1. The molecule has 3 aromatic heterocycles. The molecular weight excluding hydrogens is 500 g/mol. The summed E-state index contributed by atoms with van der Waals surface area (Å²) >= 11 is 0. The van der Waals surface area contributed by atoms with Crippen LogP contribution in [0, 0.1) is 11.6 Å². The third kappa shape index (κ3) is 4.90. The van der Waals surface area contributed by atoms with E-state index in [2.05, 4.69) is 30.5 Å². The molecular formula is C29H19F2N7O. The summed E-state index contributed by atoms with van der Waals surface area (Å²) in [6, 6.07) is 23.2. The number of benzene rings is 3. The number of nitrogens with two attached hydrogens (primary N) is 1. The normalized spacial score (nSPS) is 10.9. The number of nitrogens with zero attached hydrogens (tertiary/aromatic N) is 5. The molecule has 0 aliphatic carbocycles. The average molecular weight is 520 g/mol. The largest absolute Gasteiger partial charge is 0.435 e. The van der Waals surface area contributed by atoms with Crippen molar-refractivity contribution in [2.24, 2.45) is 0 Å². The fourth-order valence-corrected chi connectivity index (χ4v) is 4.11. The van der Waals surface area contributed by atoms with Crippen molar-refractivity contribution in [1.29, 1.82) is 0 Å². The second-order valence-corrected chi connectivity index (χ2v) is 8.48.